The molecule has 0 atom stereocenters. The first-order chi connectivity index (χ1) is 18.3. The summed E-state index contributed by atoms with van der Waals surface area (Å²) in [6, 6.07) is 18.1. The molecule has 0 N–H and O–H groups in total. The van der Waals surface area contributed by atoms with Crippen molar-refractivity contribution in [2.45, 2.75) is 13.5 Å². The number of hydrogen-bond acceptors (Lipinski definition) is 7. The van der Waals surface area contributed by atoms with E-state index in [9.17, 15) is 18.8 Å². The summed E-state index contributed by atoms with van der Waals surface area (Å²) in [5.74, 6) is -0.693. The van der Waals surface area contributed by atoms with Crippen molar-refractivity contribution in [1.82, 2.24) is 14.6 Å². The molecule has 0 aliphatic carbocycles. The van der Waals surface area contributed by atoms with Crippen LogP contribution in [0, 0.1) is 5.82 Å². The first-order valence-corrected chi connectivity index (χ1v) is 13.0. The molecule has 6 rings (SSSR count). The van der Waals surface area contributed by atoms with E-state index in [0.29, 0.717) is 21.8 Å². The first kappa shape index (κ1) is 24.1. The number of anilines is 1. The largest absolute Gasteiger partial charge is 0.426 e. The van der Waals surface area contributed by atoms with Gasteiger partial charge in [-0.3, -0.25) is 14.4 Å². The highest BCUT2D eigenvalue weighted by Crippen LogP contribution is 2.38. The van der Waals surface area contributed by atoms with Crippen molar-refractivity contribution in [3.63, 3.8) is 0 Å². The van der Waals surface area contributed by atoms with E-state index in [2.05, 4.69) is 26.0 Å². The molecule has 8 nitrogen and oxygen atoms in total. The number of aromatic nitrogens is 3. The van der Waals surface area contributed by atoms with Gasteiger partial charge in [0.15, 0.2) is 5.82 Å². The fourth-order valence-corrected chi connectivity index (χ4v) is 5.71. The van der Waals surface area contributed by atoms with E-state index in [0.717, 1.165) is 25.9 Å². The Morgan fingerprint density at radius 3 is 2.55 bits per heavy atom. The zero-order valence-corrected chi connectivity index (χ0v) is 22.0. The molecule has 3 aromatic carbocycles. The Bertz CT molecular complexity index is 1880. The fraction of sp³-hybridized carbons (Fsp3) is 0.0741. The number of esters is 1. The zero-order valence-electron chi connectivity index (χ0n) is 19.6. The molecule has 1 aliphatic heterocycles. The van der Waals surface area contributed by atoms with Crippen molar-refractivity contribution in [2.24, 2.45) is 0 Å². The lowest BCUT2D eigenvalue weighted by Gasteiger charge is -2.17. The van der Waals surface area contributed by atoms with Crippen molar-refractivity contribution in [3.05, 3.63) is 103 Å². The minimum Gasteiger partial charge on any atom is -0.426 e. The minimum absolute atomic E-state index is 0.212. The molecule has 0 radical (unpaired) electrons. The van der Waals surface area contributed by atoms with Crippen LogP contribution in [0.3, 0.4) is 0 Å². The van der Waals surface area contributed by atoms with Crippen LogP contribution in [0.4, 0.5) is 10.1 Å². The maximum Gasteiger partial charge on any atom is 0.308 e. The Morgan fingerprint density at radius 1 is 1.05 bits per heavy atom. The number of benzene rings is 3. The predicted molar refractivity (Wildman–Crippen MR) is 143 cm³/mol. The first-order valence-electron chi connectivity index (χ1n) is 11.4. The molecule has 0 unspecified atom stereocenters. The molecule has 0 saturated carbocycles. The van der Waals surface area contributed by atoms with Crippen LogP contribution in [-0.2, 0) is 16.1 Å². The third kappa shape index (κ3) is 4.09. The van der Waals surface area contributed by atoms with Gasteiger partial charge >= 0.3 is 5.97 Å². The average molecular weight is 591 g/mol. The number of para-hydroxylation sites is 1. The quantitative estimate of drug-likeness (QED) is 0.231. The molecule has 5 aromatic rings. The van der Waals surface area contributed by atoms with E-state index in [1.165, 1.54) is 19.1 Å². The number of hydrogen-bond donors (Lipinski definition) is 0. The molecule has 1 aliphatic rings. The van der Waals surface area contributed by atoms with Crippen molar-refractivity contribution in [2.75, 3.05) is 4.90 Å². The number of rotatable bonds is 4. The molecule has 0 fully saturated rings. The smallest absolute Gasteiger partial charge is 0.308 e. The van der Waals surface area contributed by atoms with Gasteiger partial charge in [-0.15, -0.1) is 5.10 Å². The topological polar surface area (TPSA) is 93.9 Å². The van der Waals surface area contributed by atoms with Crippen LogP contribution >= 0.6 is 27.3 Å². The number of carbonyl (C=O) groups excluding carboxylic acids is 2. The van der Waals surface area contributed by atoms with Gasteiger partial charge in [0.25, 0.3) is 11.5 Å². The third-order valence-electron chi connectivity index (χ3n) is 6.00. The zero-order chi connectivity index (χ0) is 26.6. The van der Waals surface area contributed by atoms with Crippen LogP contribution in [0.2, 0.25) is 0 Å². The maximum atomic E-state index is 13.7. The molecule has 0 saturated heterocycles. The molecule has 0 bridgehead atoms. The van der Waals surface area contributed by atoms with Gasteiger partial charge in [-0.1, -0.05) is 51.5 Å². The molecular formula is C27H16BrFN4O4S. The highest BCUT2D eigenvalue weighted by atomic mass is 79.9. The normalized spacial score (nSPS) is 14.3. The number of nitrogens with zero attached hydrogens (tertiary/aromatic N) is 4. The van der Waals surface area contributed by atoms with E-state index in [4.69, 9.17) is 4.74 Å². The van der Waals surface area contributed by atoms with Gasteiger partial charge in [0.05, 0.1) is 23.4 Å². The van der Waals surface area contributed by atoms with Crippen molar-refractivity contribution in [1.29, 1.82) is 0 Å². The SMILES string of the molecule is CC(=O)Oc1ccccc1-c1nc2sc(=C3C(=O)N(Cc4ccc(F)cc4)c4ccc(Br)cc43)c(=O)n2n1. The Morgan fingerprint density at radius 2 is 1.82 bits per heavy atom. The standard InChI is InChI=1S/C27H16BrFN4O4S/c1-14(34)37-21-5-3-2-4-18(21)24-30-27-33(31-24)26(36)23(38-27)22-19-12-16(28)8-11-20(19)32(25(22)35)13-15-6-9-17(29)10-7-15/h2-12H,13H2,1H3. The molecular weight excluding hydrogens is 575 g/mol. The summed E-state index contributed by atoms with van der Waals surface area (Å²) in [4.78, 5) is 45.1. The van der Waals surface area contributed by atoms with Gasteiger partial charge in [-0.05, 0) is 48.0 Å². The van der Waals surface area contributed by atoms with Gasteiger partial charge in [0.2, 0.25) is 4.96 Å². The van der Waals surface area contributed by atoms with Gasteiger partial charge in [0, 0.05) is 17.0 Å². The number of fused-ring (bicyclic) bond motifs is 2. The van der Waals surface area contributed by atoms with Crippen molar-refractivity contribution in [3.8, 4) is 17.1 Å². The van der Waals surface area contributed by atoms with E-state index in [1.807, 2.05) is 6.07 Å². The van der Waals surface area contributed by atoms with Gasteiger partial charge in [0.1, 0.15) is 16.1 Å². The number of amides is 1. The van der Waals surface area contributed by atoms with E-state index in [-0.39, 0.29) is 39.9 Å². The Hall–Kier alpha value is -4.22. The molecule has 188 valence electrons. The van der Waals surface area contributed by atoms with Crippen LogP contribution < -0.4 is 19.7 Å². The van der Waals surface area contributed by atoms with Crippen LogP contribution in [-0.4, -0.2) is 26.5 Å². The van der Waals surface area contributed by atoms with Gasteiger partial charge in [-0.2, -0.15) is 9.50 Å². The van der Waals surface area contributed by atoms with Crippen molar-refractivity contribution < 1.29 is 18.7 Å². The lowest BCUT2D eigenvalue weighted by Crippen LogP contribution is -2.32. The highest BCUT2D eigenvalue weighted by molar-refractivity contribution is 9.10. The van der Waals surface area contributed by atoms with Crippen LogP contribution in [0.25, 0.3) is 21.9 Å². The number of ether oxygens (including phenoxy) is 1. The van der Waals surface area contributed by atoms with Crippen LogP contribution in [0.5, 0.6) is 5.75 Å². The number of halogens is 2. The lowest BCUT2D eigenvalue weighted by molar-refractivity contribution is -0.131. The fourth-order valence-electron chi connectivity index (χ4n) is 4.35. The average Bonchev–Trinajstić information content (AvgIpc) is 3.51. The molecule has 11 heteroatoms. The Balaban J connectivity index is 1.48. The third-order valence-corrected chi connectivity index (χ3v) is 7.52. The maximum absolute atomic E-state index is 13.7. The molecule has 0 spiro atoms. The summed E-state index contributed by atoms with van der Waals surface area (Å²) in [6.45, 7) is 1.51. The lowest BCUT2D eigenvalue weighted by atomic mass is 10.1. The van der Waals surface area contributed by atoms with E-state index < -0.39 is 11.5 Å². The minimum atomic E-state index is -0.489. The summed E-state index contributed by atoms with van der Waals surface area (Å²) < 4.78 is 20.8. The summed E-state index contributed by atoms with van der Waals surface area (Å²) in [5, 5.41) is 4.37. The molecule has 2 aromatic heterocycles. The summed E-state index contributed by atoms with van der Waals surface area (Å²) in [7, 11) is 0. The van der Waals surface area contributed by atoms with Crippen LogP contribution in [0.1, 0.15) is 18.1 Å². The summed E-state index contributed by atoms with van der Waals surface area (Å²) in [6.07, 6.45) is 0. The second kappa shape index (κ2) is 9.26. The second-order valence-electron chi connectivity index (χ2n) is 8.51. The highest BCUT2D eigenvalue weighted by Gasteiger charge is 2.35. The van der Waals surface area contributed by atoms with Crippen molar-refractivity contribution >= 4 is 55.4 Å². The van der Waals surface area contributed by atoms with Crippen LogP contribution in [0.15, 0.2) is 76.0 Å². The molecule has 38 heavy (non-hydrogen) atoms. The van der Waals surface area contributed by atoms with Gasteiger partial charge < -0.3 is 9.64 Å². The number of carbonyl (C=O) groups is 2. The van der Waals surface area contributed by atoms with E-state index in [1.54, 1.807) is 53.4 Å². The summed E-state index contributed by atoms with van der Waals surface area (Å²) >= 11 is 4.52. The Labute approximate surface area is 226 Å². The van der Waals surface area contributed by atoms with E-state index >= 15 is 0 Å². The molecule has 1 amide bonds. The summed E-state index contributed by atoms with van der Waals surface area (Å²) in [5.41, 5.74) is 2.24. The van der Waals surface area contributed by atoms with Gasteiger partial charge in [-0.25, -0.2) is 4.39 Å². The predicted octanol–water partition coefficient (Wildman–Crippen LogP) is 4.11. The number of thiazole rings is 1. The second-order valence-corrected chi connectivity index (χ2v) is 10.4. The monoisotopic (exact) mass is 590 g/mol. The molecule has 3 heterocycles. The Kier molecular flexibility index (Phi) is 5.88.